The summed E-state index contributed by atoms with van der Waals surface area (Å²) in [6.45, 7) is 2.77. The van der Waals surface area contributed by atoms with Gasteiger partial charge in [-0.25, -0.2) is 4.39 Å². The van der Waals surface area contributed by atoms with Gasteiger partial charge in [-0.05, 0) is 53.2 Å². The monoisotopic (exact) mass is 310 g/mol. The summed E-state index contributed by atoms with van der Waals surface area (Å²) in [5, 5.41) is 3.20. The van der Waals surface area contributed by atoms with Crippen LogP contribution < -0.4 is 5.32 Å². The summed E-state index contributed by atoms with van der Waals surface area (Å²) in [5.74, 6) is -0.219. The molecular formula is C14H16BrFN2. The lowest BCUT2D eigenvalue weighted by Gasteiger charge is -2.08. The molecular weight excluding hydrogens is 295 g/mol. The number of hydrogen-bond acceptors (Lipinski definition) is 1. The Morgan fingerprint density at radius 2 is 2.17 bits per heavy atom. The predicted octanol–water partition coefficient (Wildman–Crippen LogP) is 3.72. The van der Waals surface area contributed by atoms with Crippen LogP contribution in [0.15, 0.2) is 41.1 Å². The fraction of sp³-hybridized carbons (Fsp3) is 0.286. The van der Waals surface area contributed by atoms with Crippen LogP contribution in [0.3, 0.4) is 0 Å². The maximum absolute atomic E-state index is 13.4. The summed E-state index contributed by atoms with van der Waals surface area (Å²) in [6.07, 6.45) is 4.10. The average Bonchev–Trinajstić information content (AvgIpc) is 2.82. The first-order chi connectivity index (χ1) is 8.61. The van der Waals surface area contributed by atoms with Gasteiger partial charge in [0.25, 0.3) is 0 Å². The first kappa shape index (κ1) is 13.3. The van der Waals surface area contributed by atoms with Gasteiger partial charge in [0.05, 0.1) is 4.47 Å². The number of aromatic nitrogens is 1. The minimum absolute atomic E-state index is 0.219. The van der Waals surface area contributed by atoms with Crippen LogP contribution in [0.1, 0.15) is 24.1 Å². The van der Waals surface area contributed by atoms with E-state index >= 15 is 0 Å². The van der Waals surface area contributed by atoms with Crippen LogP contribution in [-0.2, 0) is 6.54 Å². The number of nitrogens with zero attached hydrogens (tertiary/aromatic N) is 1. The van der Waals surface area contributed by atoms with Crippen LogP contribution in [0.2, 0.25) is 0 Å². The molecule has 0 saturated carbocycles. The van der Waals surface area contributed by atoms with E-state index in [1.165, 1.54) is 11.6 Å². The normalized spacial score (nSPS) is 12.7. The molecule has 0 saturated heterocycles. The molecule has 0 spiro atoms. The van der Waals surface area contributed by atoms with Gasteiger partial charge in [0, 0.05) is 25.0 Å². The lowest BCUT2D eigenvalue weighted by molar-refractivity contribution is 0.615. The van der Waals surface area contributed by atoms with Crippen molar-refractivity contribution in [2.75, 3.05) is 7.05 Å². The zero-order chi connectivity index (χ0) is 13.1. The third kappa shape index (κ3) is 2.82. The second-order valence-electron chi connectivity index (χ2n) is 4.34. The Hall–Kier alpha value is -1.13. The maximum atomic E-state index is 13.4. The molecule has 1 atom stereocenters. The van der Waals surface area contributed by atoms with E-state index in [1.807, 2.05) is 19.3 Å². The quantitative estimate of drug-likeness (QED) is 0.910. The van der Waals surface area contributed by atoms with Crippen LogP contribution in [0.5, 0.6) is 0 Å². The molecule has 1 unspecified atom stereocenters. The molecule has 2 nitrogen and oxygen atoms in total. The highest BCUT2D eigenvalue weighted by Gasteiger charge is 2.07. The number of benzene rings is 1. The number of rotatable bonds is 4. The first-order valence-corrected chi connectivity index (χ1v) is 6.67. The Morgan fingerprint density at radius 3 is 2.89 bits per heavy atom. The molecule has 96 valence electrons. The summed E-state index contributed by atoms with van der Waals surface area (Å²) >= 11 is 3.29. The SMILES string of the molecule is CNC(C)c1ccn(Cc2cccc(F)c2Br)c1. The van der Waals surface area contributed by atoms with Gasteiger partial charge in [0.2, 0.25) is 0 Å². The lowest BCUT2D eigenvalue weighted by Crippen LogP contribution is -2.11. The minimum Gasteiger partial charge on any atom is -0.350 e. The molecule has 0 bridgehead atoms. The Balaban J connectivity index is 2.19. The first-order valence-electron chi connectivity index (χ1n) is 5.87. The molecule has 1 heterocycles. The summed E-state index contributed by atoms with van der Waals surface area (Å²) in [5.41, 5.74) is 2.17. The van der Waals surface area contributed by atoms with E-state index in [1.54, 1.807) is 6.07 Å². The summed E-state index contributed by atoms with van der Waals surface area (Å²) in [4.78, 5) is 0. The van der Waals surface area contributed by atoms with Gasteiger partial charge in [-0.2, -0.15) is 0 Å². The molecule has 0 aliphatic rings. The smallest absolute Gasteiger partial charge is 0.137 e. The minimum atomic E-state index is -0.219. The van der Waals surface area contributed by atoms with Crippen molar-refractivity contribution in [3.05, 3.63) is 58.1 Å². The predicted molar refractivity (Wildman–Crippen MR) is 75.1 cm³/mol. The van der Waals surface area contributed by atoms with Crippen LogP contribution >= 0.6 is 15.9 Å². The summed E-state index contributed by atoms with van der Waals surface area (Å²) < 4.78 is 16.0. The second kappa shape index (κ2) is 5.67. The van der Waals surface area contributed by atoms with Crippen LogP contribution in [0, 0.1) is 5.82 Å². The van der Waals surface area contributed by atoms with Crippen molar-refractivity contribution < 1.29 is 4.39 Å². The highest BCUT2D eigenvalue weighted by molar-refractivity contribution is 9.10. The molecule has 1 aromatic heterocycles. The number of halogens is 2. The van der Waals surface area contributed by atoms with Crippen molar-refractivity contribution in [2.24, 2.45) is 0 Å². The van der Waals surface area contributed by atoms with Crippen molar-refractivity contribution in [3.63, 3.8) is 0 Å². The van der Waals surface area contributed by atoms with Crippen LogP contribution in [-0.4, -0.2) is 11.6 Å². The molecule has 1 aromatic carbocycles. The van der Waals surface area contributed by atoms with Gasteiger partial charge in [-0.3, -0.25) is 0 Å². The Labute approximate surface area is 115 Å². The molecule has 2 aromatic rings. The largest absolute Gasteiger partial charge is 0.350 e. The van der Waals surface area contributed by atoms with Gasteiger partial charge in [-0.15, -0.1) is 0 Å². The van der Waals surface area contributed by atoms with Gasteiger partial charge in [0.1, 0.15) is 5.82 Å². The van der Waals surface area contributed by atoms with Gasteiger partial charge in [0.15, 0.2) is 0 Å². The molecule has 0 aliphatic carbocycles. The van der Waals surface area contributed by atoms with Crippen molar-refractivity contribution >= 4 is 15.9 Å². The van der Waals surface area contributed by atoms with E-state index in [9.17, 15) is 4.39 Å². The molecule has 2 rings (SSSR count). The molecule has 1 N–H and O–H groups in total. The van der Waals surface area contributed by atoms with Gasteiger partial charge < -0.3 is 9.88 Å². The van der Waals surface area contributed by atoms with Crippen molar-refractivity contribution in [1.29, 1.82) is 0 Å². The van der Waals surface area contributed by atoms with E-state index < -0.39 is 0 Å². The molecule has 4 heteroatoms. The standard InChI is InChI=1S/C14H16BrFN2/c1-10(17-2)11-6-7-18(8-11)9-12-4-3-5-13(16)14(12)15/h3-8,10,17H,9H2,1-2H3. The highest BCUT2D eigenvalue weighted by atomic mass is 79.9. The number of nitrogens with one attached hydrogen (secondary N) is 1. The lowest BCUT2D eigenvalue weighted by atomic mass is 10.2. The van der Waals surface area contributed by atoms with E-state index in [2.05, 4.69) is 45.0 Å². The third-order valence-corrected chi connectivity index (χ3v) is 3.98. The fourth-order valence-electron chi connectivity index (χ4n) is 1.85. The van der Waals surface area contributed by atoms with E-state index in [0.29, 0.717) is 17.1 Å². The average molecular weight is 311 g/mol. The van der Waals surface area contributed by atoms with Crippen molar-refractivity contribution in [2.45, 2.75) is 19.5 Å². The van der Waals surface area contributed by atoms with Gasteiger partial charge >= 0.3 is 0 Å². The molecule has 0 amide bonds. The van der Waals surface area contributed by atoms with Crippen LogP contribution in [0.25, 0.3) is 0 Å². The Morgan fingerprint density at radius 1 is 1.39 bits per heavy atom. The van der Waals surface area contributed by atoms with Crippen molar-refractivity contribution in [3.8, 4) is 0 Å². The molecule has 18 heavy (non-hydrogen) atoms. The van der Waals surface area contributed by atoms with E-state index in [-0.39, 0.29) is 5.82 Å². The molecule has 0 radical (unpaired) electrons. The zero-order valence-electron chi connectivity index (χ0n) is 10.5. The molecule has 0 fully saturated rings. The Bertz CT molecular complexity index is 536. The van der Waals surface area contributed by atoms with Crippen molar-refractivity contribution in [1.82, 2.24) is 9.88 Å². The van der Waals surface area contributed by atoms with Gasteiger partial charge in [-0.1, -0.05) is 12.1 Å². The van der Waals surface area contributed by atoms with E-state index in [4.69, 9.17) is 0 Å². The summed E-state index contributed by atoms with van der Waals surface area (Å²) in [6, 6.07) is 7.51. The maximum Gasteiger partial charge on any atom is 0.137 e. The van der Waals surface area contributed by atoms with E-state index in [0.717, 1.165) is 5.56 Å². The second-order valence-corrected chi connectivity index (χ2v) is 5.13. The number of hydrogen-bond donors (Lipinski definition) is 1. The highest BCUT2D eigenvalue weighted by Crippen LogP contribution is 2.22. The Kier molecular flexibility index (Phi) is 4.19. The summed E-state index contributed by atoms with van der Waals surface area (Å²) in [7, 11) is 1.94. The molecule has 0 aliphatic heterocycles. The zero-order valence-corrected chi connectivity index (χ0v) is 12.0. The third-order valence-electron chi connectivity index (χ3n) is 3.09. The topological polar surface area (TPSA) is 17.0 Å². The van der Waals surface area contributed by atoms with Crippen LogP contribution in [0.4, 0.5) is 4.39 Å². The fourth-order valence-corrected chi connectivity index (χ4v) is 2.24.